The molecule has 0 spiro atoms. The Morgan fingerprint density at radius 1 is 1.21 bits per heavy atom. The molecular formula is C18H26N4O2. The molecule has 1 N–H and O–H groups in total. The second kappa shape index (κ2) is 6.42. The fourth-order valence-corrected chi connectivity index (χ4v) is 3.72. The van der Waals surface area contributed by atoms with Gasteiger partial charge in [-0.2, -0.15) is 0 Å². The van der Waals surface area contributed by atoms with Crippen LogP contribution in [0.2, 0.25) is 0 Å². The van der Waals surface area contributed by atoms with Crippen molar-refractivity contribution in [3.05, 3.63) is 32.6 Å². The number of hydrogen-bond donors (Lipinski definition) is 1. The van der Waals surface area contributed by atoms with Gasteiger partial charge in [0.1, 0.15) is 5.39 Å². The van der Waals surface area contributed by atoms with Gasteiger partial charge in [-0.15, -0.1) is 0 Å². The number of nitrogens with zero attached hydrogens (tertiary/aromatic N) is 3. The van der Waals surface area contributed by atoms with E-state index in [-0.39, 0.29) is 11.2 Å². The molecule has 0 amide bonds. The zero-order chi connectivity index (χ0) is 17.4. The second-order valence-corrected chi connectivity index (χ2v) is 6.93. The smallest absolute Gasteiger partial charge is 0.332 e. The lowest BCUT2D eigenvalue weighted by Gasteiger charge is -2.31. The Labute approximate surface area is 141 Å². The Morgan fingerprint density at radius 2 is 1.92 bits per heavy atom. The molecule has 3 rings (SSSR count). The van der Waals surface area contributed by atoms with Crippen LogP contribution >= 0.6 is 0 Å². The van der Waals surface area contributed by atoms with Gasteiger partial charge in [0, 0.05) is 26.3 Å². The first kappa shape index (κ1) is 16.7. The predicted molar refractivity (Wildman–Crippen MR) is 96.6 cm³/mol. The van der Waals surface area contributed by atoms with Gasteiger partial charge in [0.15, 0.2) is 5.65 Å². The van der Waals surface area contributed by atoms with Gasteiger partial charge in [-0.1, -0.05) is 26.7 Å². The van der Waals surface area contributed by atoms with Crippen molar-refractivity contribution in [3.8, 4) is 0 Å². The van der Waals surface area contributed by atoms with Gasteiger partial charge in [-0.05, 0) is 30.7 Å². The Bertz CT molecular complexity index is 881. The molecule has 6 heteroatoms. The van der Waals surface area contributed by atoms with Crippen LogP contribution in [0.5, 0.6) is 0 Å². The monoisotopic (exact) mass is 330 g/mol. The van der Waals surface area contributed by atoms with Crippen molar-refractivity contribution in [2.45, 2.75) is 52.0 Å². The molecule has 0 saturated heterocycles. The van der Waals surface area contributed by atoms with Crippen molar-refractivity contribution in [2.75, 3.05) is 5.32 Å². The highest BCUT2D eigenvalue weighted by atomic mass is 16.2. The summed E-state index contributed by atoms with van der Waals surface area (Å²) in [5, 5.41) is 4.16. The minimum atomic E-state index is -0.346. The van der Waals surface area contributed by atoms with Crippen LogP contribution in [-0.2, 0) is 20.5 Å². The largest absolute Gasteiger partial charge is 0.381 e. The highest BCUT2D eigenvalue weighted by Gasteiger charge is 2.24. The van der Waals surface area contributed by atoms with Crippen LogP contribution in [0, 0.1) is 5.92 Å². The molecule has 0 bridgehead atoms. The second-order valence-electron chi connectivity index (χ2n) is 6.93. The van der Waals surface area contributed by atoms with Crippen LogP contribution in [0.25, 0.3) is 11.0 Å². The van der Waals surface area contributed by atoms with Crippen LogP contribution in [0.1, 0.15) is 45.1 Å². The molecule has 24 heavy (non-hydrogen) atoms. The lowest BCUT2D eigenvalue weighted by Crippen LogP contribution is -2.38. The summed E-state index contributed by atoms with van der Waals surface area (Å²) in [6.07, 6.45) is 7.38. The van der Waals surface area contributed by atoms with Gasteiger partial charge in [-0.3, -0.25) is 13.9 Å². The molecule has 130 valence electrons. The van der Waals surface area contributed by atoms with E-state index < -0.39 is 0 Å². The van der Waals surface area contributed by atoms with Crippen LogP contribution in [0.3, 0.4) is 0 Å². The van der Waals surface area contributed by atoms with Gasteiger partial charge in [0.25, 0.3) is 5.56 Å². The zero-order valence-electron chi connectivity index (χ0n) is 14.9. The first-order valence-electron chi connectivity index (χ1n) is 8.79. The summed E-state index contributed by atoms with van der Waals surface area (Å²) in [6.45, 7) is 4.32. The fourth-order valence-electron chi connectivity index (χ4n) is 3.72. The Morgan fingerprint density at radius 3 is 2.58 bits per heavy atom. The normalized spacial score (nSPS) is 21.2. The lowest BCUT2D eigenvalue weighted by molar-refractivity contribution is 0.349. The maximum atomic E-state index is 12.8. The molecule has 1 aliphatic rings. The molecule has 2 unspecified atom stereocenters. The van der Waals surface area contributed by atoms with Crippen LogP contribution < -0.4 is 16.6 Å². The Kier molecular flexibility index (Phi) is 4.47. The third kappa shape index (κ3) is 2.64. The van der Waals surface area contributed by atoms with E-state index in [0.717, 1.165) is 24.1 Å². The zero-order valence-corrected chi connectivity index (χ0v) is 14.9. The van der Waals surface area contributed by atoms with Crippen molar-refractivity contribution in [3.63, 3.8) is 0 Å². The van der Waals surface area contributed by atoms with Crippen LogP contribution in [-0.4, -0.2) is 20.2 Å². The SMILES string of the molecule is CCc1cnc2c(c1NC1CCCCC1C)c(=O)n(C)c(=O)n2C. The van der Waals surface area contributed by atoms with E-state index in [1.54, 1.807) is 13.2 Å². The summed E-state index contributed by atoms with van der Waals surface area (Å²) < 4.78 is 2.62. The molecule has 1 fully saturated rings. The van der Waals surface area contributed by atoms with E-state index in [9.17, 15) is 9.59 Å². The van der Waals surface area contributed by atoms with Crippen molar-refractivity contribution in [2.24, 2.45) is 20.0 Å². The van der Waals surface area contributed by atoms with Gasteiger partial charge in [0.05, 0.1) is 5.69 Å². The minimum absolute atomic E-state index is 0.276. The maximum absolute atomic E-state index is 12.8. The molecule has 2 heterocycles. The number of aromatic nitrogens is 3. The number of pyridine rings is 1. The van der Waals surface area contributed by atoms with E-state index in [0.29, 0.717) is 23.0 Å². The molecular weight excluding hydrogens is 304 g/mol. The molecule has 6 nitrogen and oxygen atoms in total. The summed E-state index contributed by atoms with van der Waals surface area (Å²) in [5.41, 5.74) is 1.71. The number of nitrogens with one attached hydrogen (secondary N) is 1. The van der Waals surface area contributed by atoms with E-state index >= 15 is 0 Å². The highest BCUT2D eigenvalue weighted by Crippen LogP contribution is 2.30. The average molecular weight is 330 g/mol. The Hall–Kier alpha value is -2.11. The van der Waals surface area contributed by atoms with Crippen molar-refractivity contribution < 1.29 is 0 Å². The summed E-state index contributed by atoms with van der Waals surface area (Å²) in [7, 11) is 3.19. The molecule has 2 atom stereocenters. The summed E-state index contributed by atoms with van der Waals surface area (Å²) in [6, 6.07) is 0.358. The number of fused-ring (bicyclic) bond motifs is 1. The van der Waals surface area contributed by atoms with Crippen molar-refractivity contribution >= 4 is 16.7 Å². The molecule has 1 saturated carbocycles. The number of aryl methyl sites for hydroxylation is 2. The summed E-state index contributed by atoms with van der Waals surface area (Å²) in [5.74, 6) is 0.572. The van der Waals surface area contributed by atoms with Gasteiger partial charge in [-0.25, -0.2) is 9.78 Å². The highest BCUT2D eigenvalue weighted by molar-refractivity contribution is 5.90. The van der Waals surface area contributed by atoms with E-state index in [1.807, 2.05) is 0 Å². The minimum Gasteiger partial charge on any atom is -0.381 e. The molecule has 1 aliphatic carbocycles. The molecule has 2 aromatic heterocycles. The third-order valence-electron chi connectivity index (χ3n) is 5.37. The maximum Gasteiger partial charge on any atom is 0.332 e. The van der Waals surface area contributed by atoms with Crippen molar-refractivity contribution in [1.82, 2.24) is 14.1 Å². The lowest BCUT2D eigenvalue weighted by atomic mass is 9.85. The predicted octanol–water partition coefficient (Wildman–Crippen LogP) is 2.19. The molecule has 0 aromatic carbocycles. The number of rotatable bonds is 3. The van der Waals surface area contributed by atoms with Gasteiger partial charge >= 0.3 is 5.69 Å². The van der Waals surface area contributed by atoms with E-state index in [1.165, 1.54) is 35.4 Å². The van der Waals surface area contributed by atoms with Gasteiger partial charge < -0.3 is 5.32 Å². The van der Waals surface area contributed by atoms with Crippen molar-refractivity contribution in [1.29, 1.82) is 0 Å². The topological polar surface area (TPSA) is 68.9 Å². The molecule has 0 radical (unpaired) electrons. The van der Waals surface area contributed by atoms with Gasteiger partial charge in [0.2, 0.25) is 0 Å². The first-order valence-corrected chi connectivity index (χ1v) is 8.79. The molecule has 2 aromatic rings. The average Bonchev–Trinajstić information content (AvgIpc) is 2.59. The summed E-state index contributed by atoms with van der Waals surface area (Å²) >= 11 is 0. The van der Waals surface area contributed by atoms with E-state index in [2.05, 4.69) is 24.1 Å². The summed E-state index contributed by atoms with van der Waals surface area (Å²) in [4.78, 5) is 29.4. The fraction of sp³-hybridized carbons (Fsp3) is 0.611. The number of anilines is 1. The van der Waals surface area contributed by atoms with E-state index in [4.69, 9.17) is 0 Å². The van der Waals surface area contributed by atoms with Crippen LogP contribution in [0.4, 0.5) is 5.69 Å². The first-order chi connectivity index (χ1) is 11.5. The molecule has 0 aliphatic heterocycles. The number of hydrogen-bond acceptors (Lipinski definition) is 4. The quantitative estimate of drug-likeness (QED) is 0.936. The van der Waals surface area contributed by atoms with Crippen LogP contribution in [0.15, 0.2) is 15.8 Å². The third-order valence-corrected chi connectivity index (χ3v) is 5.37. The Balaban J connectivity index is 2.24. The standard InChI is InChI=1S/C18H26N4O2/c1-5-12-10-19-16-14(17(23)22(4)18(24)21(16)3)15(12)20-13-9-7-6-8-11(13)2/h10-11,13H,5-9H2,1-4H3,(H,19,20).